The van der Waals surface area contributed by atoms with E-state index in [0.29, 0.717) is 15.8 Å². The van der Waals surface area contributed by atoms with Gasteiger partial charge in [-0.2, -0.15) is 13.2 Å². The summed E-state index contributed by atoms with van der Waals surface area (Å²) in [4.78, 5) is 25.1. The Balaban J connectivity index is 2.05. The molecule has 0 unspecified atom stereocenters. The van der Waals surface area contributed by atoms with Gasteiger partial charge in [0, 0.05) is 15.7 Å². The number of nitrogens with one attached hydrogen (secondary N) is 3. The molecule has 158 valence electrons. The van der Waals surface area contributed by atoms with E-state index in [1.54, 1.807) is 18.2 Å². The summed E-state index contributed by atoms with van der Waals surface area (Å²) in [7, 11) is 1.44. The lowest BCUT2D eigenvalue weighted by Crippen LogP contribution is -2.46. The first-order chi connectivity index (χ1) is 14.1. The van der Waals surface area contributed by atoms with Crippen LogP contribution in [0.1, 0.15) is 24.1 Å². The Morgan fingerprint density at radius 1 is 1.20 bits per heavy atom. The van der Waals surface area contributed by atoms with Gasteiger partial charge in [0.25, 0.3) is 5.91 Å². The van der Waals surface area contributed by atoms with E-state index < -0.39 is 29.7 Å². The molecule has 1 aliphatic rings. The molecule has 0 saturated heterocycles. The van der Waals surface area contributed by atoms with E-state index in [2.05, 4.69) is 31.9 Å². The first-order valence-corrected chi connectivity index (χ1v) is 9.50. The van der Waals surface area contributed by atoms with Crippen LogP contribution < -0.4 is 20.7 Å². The van der Waals surface area contributed by atoms with Crippen molar-refractivity contribution in [2.75, 3.05) is 12.4 Å². The number of carbonyl (C=O) groups excluding carboxylic acids is 2. The minimum atomic E-state index is -4.64. The Hall–Kier alpha value is -3.01. The van der Waals surface area contributed by atoms with Crippen LogP contribution in [0.15, 0.2) is 58.2 Å². The van der Waals surface area contributed by atoms with Crippen LogP contribution in [-0.2, 0) is 11.0 Å². The molecule has 1 atom stereocenters. The Bertz CT molecular complexity index is 1040. The van der Waals surface area contributed by atoms with Gasteiger partial charge in [0.15, 0.2) is 0 Å². The normalized spacial score (nSPS) is 16.6. The second-order valence-corrected chi connectivity index (χ2v) is 7.37. The highest BCUT2D eigenvalue weighted by Gasteiger charge is 2.36. The van der Waals surface area contributed by atoms with Crippen molar-refractivity contribution in [2.24, 2.45) is 0 Å². The smallest absolute Gasteiger partial charge is 0.418 e. The maximum absolute atomic E-state index is 13.3. The fourth-order valence-electron chi connectivity index (χ4n) is 3.19. The average Bonchev–Trinajstić information content (AvgIpc) is 2.66. The molecule has 0 spiro atoms. The lowest BCUT2D eigenvalue weighted by atomic mass is 9.94. The first kappa shape index (κ1) is 21.7. The molecule has 0 aromatic heterocycles. The second kappa shape index (κ2) is 8.39. The zero-order chi connectivity index (χ0) is 22.1. The molecule has 0 aliphatic carbocycles. The largest absolute Gasteiger partial charge is 0.496 e. The van der Waals surface area contributed by atoms with Crippen molar-refractivity contribution in [1.82, 2.24) is 10.6 Å². The summed E-state index contributed by atoms with van der Waals surface area (Å²) in [5, 5.41) is 7.44. The molecule has 2 aromatic carbocycles. The van der Waals surface area contributed by atoms with Gasteiger partial charge in [-0.1, -0.05) is 28.1 Å². The number of allylic oxidation sites excluding steroid dienone is 1. The number of ether oxygens (including phenoxy) is 1. The van der Waals surface area contributed by atoms with E-state index >= 15 is 0 Å². The van der Waals surface area contributed by atoms with Crippen molar-refractivity contribution in [1.29, 1.82) is 0 Å². The molecule has 3 amide bonds. The van der Waals surface area contributed by atoms with Crippen LogP contribution in [0.4, 0.5) is 23.7 Å². The van der Waals surface area contributed by atoms with Crippen molar-refractivity contribution in [3.63, 3.8) is 0 Å². The van der Waals surface area contributed by atoms with Crippen molar-refractivity contribution >= 4 is 33.6 Å². The minimum Gasteiger partial charge on any atom is -0.496 e. The van der Waals surface area contributed by atoms with Crippen LogP contribution in [0.5, 0.6) is 5.75 Å². The zero-order valence-electron chi connectivity index (χ0n) is 15.9. The third-order valence-electron chi connectivity index (χ3n) is 4.50. The van der Waals surface area contributed by atoms with Crippen LogP contribution in [0, 0.1) is 0 Å². The number of hydrogen-bond acceptors (Lipinski definition) is 3. The molecule has 6 nitrogen and oxygen atoms in total. The number of para-hydroxylation sites is 1. The Morgan fingerprint density at radius 2 is 1.90 bits per heavy atom. The van der Waals surface area contributed by atoms with E-state index in [0.717, 1.165) is 6.07 Å². The molecule has 1 aliphatic heterocycles. The predicted octanol–water partition coefficient (Wildman–Crippen LogP) is 4.74. The van der Waals surface area contributed by atoms with Crippen molar-refractivity contribution in [2.45, 2.75) is 19.1 Å². The summed E-state index contributed by atoms with van der Waals surface area (Å²) >= 11 is 3.34. The summed E-state index contributed by atoms with van der Waals surface area (Å²) in [5.41, 5.74) is -0.612. The van der Waals surface area contributed by atoms with E-state index in [1.165, 1.54) is 32.2 Å². The summed E-state index contributed by atoms with van der Waals surface area (Å²) in [5.74, 6) is -0.386. The van der Waals surface area contributed by atoms with Gasteiger partial charge in [-0.3, -0.25) is 4.79 Å². The van der Waals surface area contributed by atoms with Crippen LogP contribution in [-0.4, -0.2) is 19.0 Å². The molecular formula is C20H17BrF3N3O3. The minimum absolute atomic E-state index is 0.0583. The second-order valence-electron chi connectivity index (χ2n) is 6.45. The number of benzene rings is 2. The van der Waals surface area contributed by atoms with Gasteiger partial charge in [0.2, 0.25) is 0 Å². The molecule has 2 aromatic rings. The number of rotatable bonds is 4. The van der Waals surface area contributed by atoms with Crippen LogP contribution in [0.25, 0.3) is 0 Å². The molecule has 3 N–H and O–H groups in total. The lowest BCUT2D eigenvalue weighted by molar-refractivity contribution is -0.137. The molecule has 10 heteroatoms. The van der Waals surface area contributed by atoms with Crippen LogP contribution >= 0.6 is 15.9 Å². The highest BCUT2D eigenvalue weighted by molar-refractivity contribution is 9.10. The van der Waals surface area contributed by atoms with Gasteiger partial charge < -0.3 is 20.7 Å². The van der Waals surface area contributed by atoms with Gasteiger partial charge in [0.1, 0.15) is 5.75 Å². The monoisotopic (exact) mass is 483 g/mol. The number of halogens is 4. The molecule has 30 heavy (non-hydrogen) atoms. The molecular weight excluding hydrogens is 467 g/mol. The van der Waals surface area contributed by atoms with Gasteiger partial charge >= 0.3 is 12.2 Å². The summed E-state index contributed by atoms with van der Waals surface area (Å²) in [6.07, 6.45) is -4.64. The van der Waals surface area contributed by atoms with Crippen molar-refractivity contribution in [3.8, 4) is 5.75 Å². The number of amides is 3. The molecule has 3 rings (SSSR count). The quantitative estimate of drug-likeness (QED) is 0.587. The molecule has 0 saturated carbocycles. The number of hydrogen-bond donors (Lipinski definition) is 3. The molecule has 0 bridgehead atoms. The van der Waals surface area contributed by atoms with Crippen LogP contribution in [0.2, 0.25) is 0 Å². The van der Waals surface area contributed by atoms with Gasteiger partial charge in [0.05, 0.1) is 30.0 Å². The average molecular weight is 484 g/mol. The Labute approximate surface area is 178 Å². The highest BCUT2D eigenvalue weighted by atomic mass is 79.9. The highest BCUT2D eigenvalue weighted by Crippen LogP contribution is 2.37. The number of alkyl halides is 3. The van der Waals surface area contributed by atoms with E-state index in [-0.39, 0.29) is 17.0 Å². The molecule has 0 radical (unpaired) electrons. The molecule has 1 heterocycles. The Kier molecular flexibility index (Phi) is 6.06. The fourth-order valence-corrected chi connectivity index (χ4v) is 3.57. The lowest BCUT2D eigenvalue weighted by Gasteiger charge is -2.30. The number of methoxy groups -OCH3 is 1. The maximum atomic E-state index is 13.3. The third kappa shape index (κ3) is 4.43. The fraction of sp³-hybridized carbons (Fsp3) is 0.200. The zero-order valence-corrected chi connectivity index (χ0v) is 17.4. The SMILES string of the molecule is COc1ccc(Br)cc1[C@H]1NC(=O)NC(C)=C1C(=O)Nc1ccccc1C(F)(F)F. The predicted molar refractivity (Wildman–Crippen MR) is 108 cm³/mol. The van der Waals surface area contributed by atoms with E-state index in [4.69, 9.17) is 4.74 Å². The van der Waals surface area contributed by atoms with Gasteiger partial charge in [-0.25, -0.2) is 4.79 Å². The summed E-state index contributed by atoms with van der Waals surface area (Å²) in [6.45, 7) is 1.50. The molecule has 0 fully saturated rings. The standard InChI is InChI=1S/C20H17BrF3N3O3/c1-10-16(18(28)26-14-6-4-3-5-13(14)20(22,23)24)17(27-19(29)25-10)12-9-11(21)7-8-15(12)30-2/h3-9,17H,1-2H3,(H,26,28)(H2,25,27,29)/t17-/m1/s1. The summed E-state index contributed by atoms with van der Waals surface area (Å²) in [6, 6.07) is 8.23. The van der Waals surface area contributed by atoms with Crippen molar-refractivity contribution in [3.05, 3.63) is 69.3 Å². The number of urea groups is 1. The maximum Gasteiger partial charge on any atom is 0.418 e. The topological polar surface area (TPSA) is 79.5 Å². The van der Waals surface area contributed by atoms with E-state index in [1.807, 2.05) is 0 Å². The Morgan fingerprint density at radius 3 is 2.57 bits per heavy atom. The van der Waals surface area contributed by atoms with E-state index in [9.17, 15) is 22.8 Å². The number of anilines is 1. The number of carbonyl (C=O) groups is 2. The first-order valence-electron chi connectivity index (χ1n) is 8.71. The van der Waals surface area contributed by atoms with Crippen LogP contribution in [0.3, 0.4) is 0 Å². The van der Waals surface area contributed by atoms with Gasteiger partial charge in [-0.05, 0) is 37.3 Å². The van der Waals surface area contributed by atoms with Gasteiger partial charge in [-0.15, -0.1) is 0 Å². The van der Waals surface area contributed by atoms with Crippen molar-refractivity contribution < 1.29 is 27.5 Å². The summed E-state index contributed by atoms with van der Waals surface area (Å²) < 4.78 is 45.9. The third-order valence-corrected chi connectivity index (χ3v) is 4.99.